The summed E-state index contributed by atoms with van der Waals surface area (Å²) in [6.07, 6.45) is -2.80. The fourth-order valence-corrected chi connectivity index (χ4v) is 3.75. The van der Waals surface area contributed by atoms with E-state index in [0.717, 1.165) is 12.3 Å². The number of amides is 1. The van der Waals surface area contributed by atoms with Gasteiger partial charge in [-0.1, -0.05) is 41.9 Å². The standard InChI is InChI=1S/C25H23ClF5N3O2/c1-32-23(35)22(16-7-9-18(26)10-8-16)34-20(17-3-2-4-19(13-17)36-24(27)28)11-5-15-6-12-21(33-14-15)25(29,30)31/h2-4,6-10,12-14,20,22,24,34H,5,11H2,1H3,(H,32,35)/t20-,22+/m0/s1. The lowest BCUT2D eigenvalue weighted by molar-refractivity contribution is -0.141. The second-order valence-corrected chi connectivity index (χ2v) is 8.29. The molecule has 3 rings (SSSR count). The molecule has 2 atom stereocenters. The average Bonchev–Trinajstić information content (AvgIpc) is 2.84. The minimum Gasteiger partial charge on any atom is -0.435 e. The highest BCUT2D eigenvalue weighted by Gasteiger charge is 2.32. The molecule has 1 aromatic heterocycles. The maximum absolute atomic E-state index is 12.8. The number of rotatable bonds is 10. The first kappa shape index (κ1) is 27.3. The number of ether oxygens (including phenoxy) is 1. The molecule has 36 heavy (non-hydrogen) atoms. The molecule has 0 unspecified atom stereocenters. The number of aromatic nitrogens is 1. The van der Waals surface area contributed by atoms with E-state index in [2.05, 4.69) is 20.4 Å². The van der Waals surface area contributed by atoms with Gasteiger partial charge in [-0.05, 0) is 59.9 Å². The fraction of sp³-hybridized carbons (Fsp3) is 0.280. The zero-order valence-electron chi connectivity index (χ0n) is 19.0. The Bertz CT molecular complexity index is 1140. The second-order valence-electron chi connectivity index (χ2n) is 7.86. The van der Waals surface area contributed by atoms with Crippen LogP contribution >= 0.6 is 11.6 Å². The first-order valence-electron chi connectivity index (χ1n) is 10.9. The van der Waals surface area contributed by atoms with E-state index in [0.29, 0.717) is 34.6 Å². The Labute approximate surface area is 209 Å². The summed E-state index contributed by atoms with van der Waals surface area (Å²) in [7, 11) is 1.48. The van der Waals surface area contributed by atoms with Crippen molar-refractivity contribution in [1.29, 1.82) is 0 Å². The van der Waals surface area contributed by atoms with Crippen LogP contribution in [0.2, 0.25) is 5.02 Å². The van der Waals surface area contributed by atoms with Gasteiger partial charge in [0.25, 0.3) is 0 Å². The second kappa shape index (κ2) is 12.1. The fourth-order valence-electron chi connectivity index (χ4n) is 3.63. The quantitative estimate of drug-likeness (QED) is 0.312. The number of hydrogen-bond acceptors (Lipinski definition) is 4. The summed E-state index contributed by atoms with van der Waals surface area (Å²) in [4.78, 5) is 16.2. The summed E-state index contributed by atoms with van der Waals surface area (Å²) in [6, 6.07) is 13.5. The van der Waals surface area contributed by atoms with Gasteiger partial charge in [0.2, 0.25) is 5.91 Å². The van der Waals surface area contributed by atoms with E-state index in [1.807, 2.05) is 0 Å². The molecule has 0 saturated heterocycles. The van der Waals surface area contributed by atoms with E-state index >= 15 is 0 Å². The predicted molar refractivity (Wildman–Crippen MR) is 125 cm³/mol. The minimum absolute atomic E-state index is 0.0616. The number of alkyl halides is 5. The van der Waals surface area contributed by atoms with Crippen molar-refractivity contribution < 1.29 is 31.5 Å². The lowest BCUT2D eigenvalue weighted by Crippen LogP contribution is -2.38. The van der Waals surface area contributed by atoms with Gasteiger partial charge >= 0.3 is 12.8 Å². The van der Waals surface area contributed by atoms with Crippen molar-refractivity contribution in [3.05, 3.63) is 94.3 Å². The average molecular weight is 528 g/mol. The number of benzene rings is 2. The van der Waals surface area contributed by atoms with Crippen LogP contribution < -0.4 is 15.4 Å². The van der Waals surface area contributed by atoms with Crippen molar-refractivity contribution in [3.63, 3.8) is 0 Å². The zero-order chi connectivity index (χ0) is 26.3. The van der Waals surface area contributed by atoms with Crippen LogP contribution in [0.3, 0.4) is 0 Å². The van der Waals surface area contributed by atoms with Crippen LogP contribution in [0.5, 0.6) is 5.75 Å². The van der Waals surface area contributed by atoms with Gasteiger partial charge in [0.05, 0.1) is 0 Å². The third-order valence-electron chi connectivity index (χ3n) is 5.40. The van der Waals surface area contributed by atoms with Crippen molar-refractivity contribution in [2.45, 2.75) is 37.7 Å². The topological polar surface area (TPSA) is 63.2 Å². The van der Waals surface area contributed by atoms with Crippen molar-refractivity contribution >= 4 is 17.5 Å². The number of hydrogen-bond donors (Lipinski definition) is 2. The molecule has 5 nitrogen and oxygen atoms in total. The van der Waals surface area contributed by atoms with E-state index in [1.54, 1.807) is 36.4 Å². The van der Waals surface area contributed by atoms with Gasteiger partial charge in [0.15, 0.2) is 0 Å². The number of carbonyl (C=O) groups is 1. The summed E-state index contributed by atoms with van der Waals surface area (Å²) >= 11 is 5.97. The first-order valence-corrected chi connectivity index (χ1v) is 11.2. The molecule has 0 radical (unpaired) electrons. The SMILES string of the molecule is CNC(=O)[C@H](N[C@@H](CCc1ccc(C(F)(F)F)nc1)c1cccc(OC(F)F)c1)c1ccc(Cl)cc1. The van der Waals surface area contributed by atoms with Gasteiger partial charge < -0.3 is 10.1 Å². The molecule has 2 N–H and O–H groups in total. The Morgan fingerprint density at radius 1 is 1.06 bits per heavy atom. The molecule has 1 amide bonds. The first-order chi connectivity index (χ1) is 17.1. The van der Waals surface area contributed by atoms with Crippen molar-refractivity contribution in [2.24, 2.45) is 0 Å². The predicted octanol–water partition coefficient (Wildman–Crippen LogP) is 6.11. The molecular weight excluding hydrogens is 505 g/mol. The highest BCUT2D eigenvalue weighted by Crippen LogP contribution is 2.30. The summed E-state index contributed by atoms with van der Waals surface area (Å²) in [5.41, 5.74) is 0.703. The monoisotopic (exact) mass is 527 g/mol. The van der Waals surface area contributed by atoms with Crippen LogP contribution in [0.25, 0.3) is 0 Å². The molecule has 0 aliphatic heterocycles. The third kappa shape index (κ3) is 7.63. The Balaban J connectivity index is 1.90. The molecule has 0 aliphatic rings. The molecular formula is C25H23ClF5N3O2. The lowest BCUT2D eigenvalue weighted by atomic mass is 9.96. The van der Waals surface area contributed by atoms with Gasteiger partial charge in [-0.15, -0.1) is 0 Å². The number of carbonyl (C=O) groups excluding carboxylic acids is 1. The van der Waals surface area contributed by atoms with E-state index in [9.17, 15) is 26.7 Å². The Morgan fingerprint density at radius 2 is 1.78 bits per heavy atom. The van der Waals surface area contributed by atoms with Gasteiger partial charge in [-0.2, -0.15) is 22.0 Å². The van der Waals surface area contributed by atoms with Crippen molar-refractivity contribution in [3.8, 4) is 5.75 Å². The van der Waals surface area contributed by atoms with Crippen LogP contribution in [0.4, 0.5) is 22.0 Å². The van der Waals surface area contributed by atoms with Crippen LogP contribution in [0.1, 0.15) is 40.9 Å². The molecule has 3 aromatic rings. The molecule has 2 aromatic carbocycles. The van der Waals surface area contributed by atoms with E-state index < -0.39 is 30.6 Å². The molecule has 1 heterocycles. The van der Waals surface area contributed by atoms with Gasteiger partial charge in [-0.3, -0.25) is 15.1 Å². The lowest BCUT2D eigenvalue weighted by Gasteiger charge is -2.26. The van der Waals surface area contributed by atoms with Gasteiger partial charge in [0.1, 0.15) is 17.5 Å². The maximum atomic E-state index is 12.8. The molecule has 0 spiro atoms. The van der Waals surface area contributed by atoms with Crippen LogP contribution in [-0.2, 0) is 17.4 Å². The van der Waals surface area contributed by atoms with Crippen molar-refractivity contribution in [1.82, 2.24) is 15.6 Å². The Morgan fingerprint density at radius 3 is 2.36 bits per heavy atom. The number of halogens is 6. The van der Waals surface area contributed by atoms with Crippen LogP contribution in [-0.4, -0.2) is 24.6 Å². The summed E-state index contributed by atoms with van der Waals surface area (Å²) in [6.45, 7) is -3.02. The molecule has 0 bridgehead atoms. The van der Waals surface area contributed by atoms with Crippen LogP contribution in [0, 0.1) is 0 Å². The Hall–Kier alpha value is -3.24. The molecule has 192 valence electrons. The summed E-state index contributed by atoms with van der Waals surface area (Å²) in [5.74, 6) is -0.410. The number of pyridine rings is 1. The zero-order valence-corrected chi connectivity index (χ0v) is 19.8. The minimum atomic E-state index is -4.55. The smallest absolute Gasteiger partial charge is 0.433 e. The normalized spacial score (nSPS) is 13.3. The largest absolute Gasteiger partial charge is 0.435 e. The number of likely N-dealkylation sites (N-methyl/N-ethyl adjacent to an activating group) is 1. The maximum Gasteiger partial charge on any atom is 0.433 e. The van der Waals surface area contributed by atoms with E-state index in [-0.39, 0.29) is 11.7 Å². The number of nitrogens with zero attached hydrogens (tertiary/aromatic N) is 1. The number of aryl methyl sites for hydroxylation is 1. The van der Waals surface area contributed by atoms with E-state index in [1.165, 1.54) is 25.2 Å². The van der Waals surface area contributed by atoms with Crippen LogP contribution in [0.15, 0.2) is 66.9 Å². The molecule has 0 saturated carbocycles. The summed E-state index contributed by atoms with van der Waals surface area (Å²) < 4.78 is 68.6. The third-order valence-corrected chi connectivity index (χ3v) is 5.65. The van der Waals surface area contributed by atoms with Gasteiger partial charge in [-0.25, -0.2) is 0 Å². The number of nitrogens with one attached hydrogen (secondary N) is 2. The van der Waals surface area contributed by atoms with Crippen molar-refractivity contribution in [2.75, 3.05) is 7.05 Å². The molecule has 0 aliphatic carbocycles. The summed E-state index contributed by atoms with van der Waals surface area (Å²) in [5, 5.41) is 6.32. The molecule has 0 fully saturated rings. The van der Waals surface area contributed by atoms with Gasteiger partial charge in [0, 0.05) is 24.3 Å². The highest BCUT2D eigenvalue weighted by atomic mass is 35.5. The van der Waals surface area contributed by atoms with E-state index in [4.69, 9.17) is 11.6 Å². The Kier molecular flexibility index (Phi) is 9.22. The highest BCUT2D eigenvalue weighted by molar-refractivity contribution is 6.30. The molecule has 11 heteroatoms.